The number of ether oxygens (including phenoxy) is 3. The predicted octanol–water partition coefficient (Wildman–Crippen LogP) is 17.9. The van der Waals surface area contributed by atoms with Gasteiger partial charge >= 0.3 is 17.9 Å². The summed E-state index contributed by atoms with van der Waals surface area (Å²) in [7, 11) is 0. The molecule has 6 heteroatoms. The van der Waals surface area contributed by atoms with Gasteiger partial charge in [0, 0.05) is 19.3 Å². The molecule has 0 N–H and O–H groups in total. The van der Waals surface area contributed by atoms with E-state index in [2.05, 4.69) is 41.5 Å². The normalized spacial score (nSPS) is 12.1. The zero-order chi connectivity index (χ0) is 45.6. The van der Waals surface area contributed by atoms with Crippen LogP contribution >= 0.6 is 0 Å². The Balaban J connectivity index is 4.30. The predicted molar refractivity (Wildman–Crippen MR) is 266 cm³/mol. The summed E-state index contributed by atoms with van der Waals surface area (Å²) in [5.41, 5.74) is 0. The molecule has 62 heavy (non-hydrogen) atoms. The molecule has 0 aromatic carbocycles. The summed E-state index contributed by atoms with van der Waals surface area (Å²) in [4.78, 5) is 38.1. The van der Waals surface area contributed by atoms with Gasteiger partial charge in [0.05, 0.1) is 0 Å². The molecule has 0 aromatic rings. The molecule has 0 bridgehead atoms. The van der Waals surface area contributed by atoms with Crippen LogP contribution in [0.25, 0.3) is 0 Å². The van der Waals surface area contributed by atoms with E-state index in [9.17, 15) is 14.4 Å². The van der Waals surface area contributed by atoms with Crippen molar-refractivity contribution < 1.29 is 28.6 Å². The Bertz CT molecular complexity index is 960. The summed E-state index contributed by atoms with van der Waals surface area (Å²) in [6.45, 7) is 13.7. The lowest BCUT2D eigenvalue weighted by Gasteiger charge is -2.18. The molecule has 0 aliphatic heterocycles. The molecule has 0 saturated heterocycles. The van der Waals surface area contributed by atoms with Crippen molar-refractivity contribution in [3.05, 3.63) is 0 Å². The second kappa shape index (κ2) is 47.4. The van der Waals surface area contributed by atoms with Gasteiger partial charge in [0.1, 0.15) is 13.2 Å². The van der Waals surface area contributed by atoms with Gasteiger partial charge in [-0.1, -0.05) is 266 Å². The summed E-state index contributed by atoms with van der Waals surface area (Å²) in [6, 6.07) is 0. The maximum absolute atomic E-state index is 12.8. The van der Waals surface area contributed by atoms with Crippen molar-refractivity contribution in [3.63, 3.8) is 0 Å². The molecule has 0 saturated carbocycles. The fraction of sp³-hybridized carbons (Fsp3) is 0.946. The number of carbonyl (C=O) groups excluding carboxylic acids is 3. The number of esters is 3. The van der Waals surface area contributed by atoms with Crippen molar-refractivity contribution in [1.29, 1.82) is 0 Å². The van der Waals surface area contributed by atoms with Crippen molar-refractivity contribution in [2.75, 3.05) is 13.2 Å². The lowest BCUT2D eigenvalue weighted by molar-refractivity contribution is -0.167. The van der Waals surface area contributed by atoms with Crippen LogP contribution in [0.3, 0.4) is 0 Å². The molecule has 0 amide bonds. The minimum atomic E-state index is -0.763. The molecule has 1 atom stereocenters. The van der Waals surface area contributed by atoms with E-state index >= 15 is 0 Å². The minimum absolute atomic E-state index is 0.0641. The van der Waals surface area contributed by atoms with Gasteiger partial charge in [0.2, 0.25) is 0 Å². The van der Waals surface area contributed by atoms with Gasteiger partial charge in [-0.2, -0.15) is 0 Å². The highest BCUT2D eigenvalue weighted by Crippen LogP contribution is 2.18. The maximum atomic E-state index is 12.8. The van der Waals surface area contributed by atoms with Crippen LogP contribution in [-0.4, -0.2) is 37.2 Å². The van der Waals surface area contributed by atoms with Crippen LogP contribution in [0.5, 0.6) is 0 Å². The van der Waals surface area contributed by atoms with E-state index < -0.39 is 6.10 Å². The van der Waals surface area contributed by atoms with Crippen LogP contribution in [0.4, 0.5) is 0 Å². The third kappa shape index (κ3) is 49.4. The van der Waals surface area contributed by atoms with Crippen LogP contribution in [0, 0.1) is 17.8 Å². The highest BCUT2D eigenvalue weighted by Gasteiger charge is 2.19. The number of hydrogen-bond donors (Lipinski definition) is 0. The monoisotopic (exact) mass is 877 g/mol. The summed E-state index contributed by atoms with van der Waals surface area (Å²) < 4.78 is 16.9. The number of hydrogen-bond acceptors (Lipinski definition) is 6. The van der Waals surface area contributed by atoms with Crippen LogP contribution in [0.15, 0.2) is 0 Å². The summed E-state index contributed by atoms with van der Waals surface area (Å²) in [5.74, 6) is 1.64. The molecule has 0 heterocycles. The second-order valence-electron chi connectivity index (χ2n) is 20.6. The zero-order valence-electron chi connectivity index (χ0n) is 42.7. The lowest BCUT2D eigenvalue weighted by Crippen LogP contribution is -2.30. The standard InChI is InChI=1S/C56H108O6/c1-50(2)42-36-30-24-18-12-9-7-8-10-14-21-27-33-39-45-54(57)60-48-53(62-56(59)47-41-35-29-23-17-16-20-26-32-38-44-52(5)6)49-61-55(58)46-40-34-28-22-15-11-13-19-25-31-37-43-51(3)4/h50-53H,7-49H2,1-6H3/t53-/m1/s1. The molecule has 368 valence electrons. The van der Waals surface area contributed by atoms with Crippen molar-refractivity contribution in [2.24, 2.45) is 17.8 Å². The Hall–Kier alpha value is -1.59. The Morgan fingerprint density at radius 1 is 0.274 bits per heavy atom. The van der Waals surface area contributed by atoms with E-state index in [0.29, 0.717) is 19.3 Å². The molecule has 0 radical (unpaired) electrons. The van der Waals surface area contributed by atoms with E-state index in [1.54, 1.807) is 0 Å². The van der Waals surface area contributed by atoms with Gasteiger partial charge in [0.25, 0.3) is 0 Å². The van der Waals surface area contributed by atoms with E-state index in [-0.39, 0.29) is 31.1 Å². The number of unbranched alkanes of at least 4 members (excludes halogenated alkanes) is 32. The summed E-state index contributed by atoms with van der Waals surface area (Å²) in [5, 5.41) is 0. The van der Waals surface area contributed by atoms with E-state index in [0.717, 1.165) is 75.5 Å². The Labute approximate surface area is 387 Å². The van der Waals surface area contributed by atoms with Gasteiger partial charge in [-0.25, -0.2) is 0 Å². The minimum Gasteiger partial charge on any atom is -0.462 e. The topological polar surface area (TPSA) is 78.9 Å². The van der Waals surface area contributed by atoms with Crippen molar-refractivity contribution in [2.45, 2.75) is 311 Å². The highest BCUT2D eigenvalue weighted by molar-refractivity contribution is 5.71. The first-order valence-corrected chi connectivity index (χ1v) is 27.6. The lowest BCUT2D eigenvalue weighted by atomic mass is 10.0. The molecule has 0 aliphatic rings. The van der Waals surface area contributed by atoms with Gasteiger partial charge < -0.3 is 14.2 Å². The summed E-state index contributed by atoms with van der Waals surface area (Å²) in [6.07, 6.45) is 48.1. The zero-order valence-corrected chi connectivity index (χ0v) is 42.7. The van der Waals surface area contributed by atoms with E-state index in [1.807, 2.05) is 0 Å². The molecule has 0 unspecified atom stereocenters. The fourth-order valence-corrected chi connectivity index (χ4v) is 8.47. The largest absolute Gasteiger partial charge is 0.462 e. The van der Waals surface area contributed by atoms with Crippen LogP contribution < -0.4 is 0 Å². The maximum Gasteiger partial charge on any atom is 0.306 e. The van der Waals surface area contributed by atoms with Crippen LogP contribution in [0.1, 0.15) is 305 Å². The fourth-order valence-electron chi connectivity index (χ4n) is 8.47. The smallest absolute Gasteiger partial charge is 0.306 e. The van der Waals surface area contributed by atoms with Crippen molar-refractivity contribution in [1.82, 2.24) is 0 Å². The van der Waals surface area contributed by atoms with E-state index in [1.165, 1.54) is 186 Å². The van der Waals surface area contributed by atoms with Crippen molar-refractivity contribution >= 4 is 17.9 Å². The average molecular weight is 877 g/mol. The average Bonchev–Trinajstić information content (AvgIpc) is 3.23. The van der Waals surface area contributed by atoms with Gasteiger partial charge in [-0.3, -0.25) is 14.4 Å². The molecule has 0 spiro atoms. The second-order valence-corrected chi connectivity index (χ2v) is 20.6. The third-order valence-corrected chi connectivity index (χ3v) is 12.6. The van der Waals surface area contributed by atoms with Crippen molar-refractivity contribution in [3.8, 4) is 0 Å². The molecule has 0 fully saturated rings. The first-order chi connectivity index (χ1) is 30.1. The van der Waals surface area contributed by atoms with Gasteiger partial charge in [-0.05, 0) is 37.0 Å². The SMILES string of the molecule is CC(C)CCCCCCCCCCCCCCCCC(=O)OC[C@H](COC(=O)CCCCCCCCCCCCCC(C)C)OC(=O)CCCCCCCCCCCCC(C)C. The van der Waals surface area contributed by atoms with Gasteiger partial charge in [0.15, 0.2) is 6.10 Å². The first-order valence-electron chi connectivity index (χ1n) is 27.6. The molecule has 0 aliphatic carbocycles. The van der Waals surface area contributed by atoms with Crippen LogP contribution in [0.2, 0.25) is 0 Å². The Kier molecular flexibility index (Phi) is 46.2. The highest BCUT2D eigenvalue weighted by atomic mass is 16.6. The number of carbonyl (C=O) groups is 3. The molecular formula is C56H108O6. The number of rotatable bonds is 49. The quantitative estimate of drug-likeness (QED) is 0.0344. The van der Waals surface area contributed by atoms with Crippen LogP contribution in [-0.2, 0) is 28.6 Å². The third-order valence-electron chi connectivity index (χ3n) is 12.6. The Morgan fingerprint density at radius 2 is 0.468 bits per heavy atom. The molecular weight excluding hydrogens is 769 g/mol. The van der Waals surface area contributed by atoms with E-state index in [4.69, 9.17) is 14.2 Å². The molecule has 0 aromatic heterocycles. The Morgan fingerprint density at radius 3 is 0.694 bits per heavy atom. The summed E-state index contributed by atoms with van der Waals surface area (Å²) >= 11 is 0. The van der Waals surface area contributed by atoms with Gasteiger partial charge in [-0.15, -0.1) is 0 Å². The molecule has 6 nitrogen and oxygen atoms in total. The molecule has 0 rings (SSSR count). The first kappa shape index (κ1) is 60.4.